The molecule has 0 bridgehead atoms. The lowest BCUT2D eigenvalue weighted by molar-refractivity contribution is 0.0664. The number of likely N-dealkylation sites (tertiary alicyclic amines) is 1. The van der Waals surface area contributed by atoms with Crippen LogP contribution in [0, 0.1) is 0 Å². The SMILES string of the molecule is Cn1cc(-c2ccc(C(=O)N3CCC(n4cnc(C(N)=O)c4N)CC3)o2)cn1. The molecular formula is C18H21N7O3. The molecule has 0 unspecified atom stereocenters. The highest BCUT2D eigenvalue weighted by atomic mass is 16.4. The second kappa shape index (κ2) is 6.87. The Kier molecular flexibility index (Phi) is 4.38. The van der Waals surface area contributed by atoms with Gasteiger partial charge in [-0.05, 0) is 25.0 Å². The first-order valence-corrected chi connectivity index (χ1v) is 8.94. The Morgan fingerprint density at radius 1 is 1.25 bits per heavy atom. The Balaban J connectivity index is 1.42. The Morgan fingerprint density at radius 2 is 2.00 bits per heavy atom. The normalized spacial score (nSPS) is 15.1. The molecule has 2 amide bonds. The molecule has 28 heavy (non-hydrogen) atoms. The first kappa shape index (κ1) is 17.8. The van der Waals surface area contributed by atoms with Crippen molar-refractivity contribution in [3.8, 4) is 11.3 Å². The number of nitrogens with two attached hydrogens (primary N) is 2. The molecule has 4 rings (SSSR count). The fourth-order valence-electron chi connectivity index (χ4n) is 3.51. The van der Waals surface area contributed by atoms with Crippen LogP contribution in [0.15, 0.2) is 35.3 Å². The van der Waals surface area contributed by atoms with Crippen LogP contribution in [0.25, 0.3) is 11.3 Å². The van der Waals surface area contributed by atoms with Gasteiger partial charge in [-0.25, -0.2) is 4.98 Å². The molecule has 10 nitrogen and oxygen atoms in total. The van der Waals surface area contributed by atoms with E-state index < -0.39 is 5.91 Å². The summed E-state index contributed by atoms with van der Waals surface area (Å²) in [6.07, 6.45) is 6.44. The van der Waals surface area contributed by atoms with Crippen molar-refractivity contribution in [2.45, 2.75) is 18.9 Å². The number of rotatable bonds is 4. The fourth-order valence-corrected chi connectivity index (χ4v) is 3.51. The van der Waals surface area contributed by atoms with E-state index in [0.717, 1.165) is 5.56 Å². The van der Waals surface area contributed by atoms with Crippen molar-refractivity contribution in [2.75, 3.05) is 18.8 Å². The number of aromatic nitrogens is 4. The number of nitrogens with zero attached hydrogens (tertiary/aromatic N) is 5. The van der Waals surface area contributed by atoms with E-state index in [9.17, 15) is 9.59 Å². The molecule has 0 atom stereocenters. The predicted molar refractivity (Wildman–Crippen MR) is 100 cm³/mol. The molecule has 0 radical (unpaired) electrons. The molecule has 0 spiro atoms. The summed E-state index contributed by atoms with van der Waals surface area (Å²) in [6.45, 7) is 1.10. The summed E-state index contributed by atoms with van der Waals surface area (Å²) in [4.78, 5) is 29.8. The monoisotopic (exact) mass is 383 g/mol. The minimum absolute atomic E-state index is 0.0622. The van der Waals surface area contributed by atoms with Crippen LogP contribution in [0.5, 0.6) is 0 Å². The van der Waals surface area contributed by atoms with Gasteiger partial charge in [0.25, 0.3) is 11.8 Å². The van der Waals surface area contributed by atoms with Gasteiger partial charge in [0.05, 0.1) is 18.1 Å². The van der Waals surface area contributed by atoms with Gasteiger partial charge in [-0.2, -0.15) is 5.10 Å². The highest BCUT2D eigenvalue weighted by molar-refractivity contribution is 5.95. The summed E-state index contributed by atoms with van der Waals surface area (Å²) in [5, 5.41) is 4.11. The standard InChI is InChI=1S/C18H21N7O3/c1-23-9-11(8-22-23)13-2-3-14(28-13)18(27)24-6-4-12(5-7-24)25-10-21-15(16(25)19)17(20)26/h2-3,8-10,12H,4-7,19H2,1H3,(H2,20,26). The third kappa shape index (κ3) is 3.13. The topological polar surface area (TPSA) is 138 Å². The maximum Gasteiger partial charge on any atom is 0.289 e. The number of amides is 2. The second-order valence-electron chi connectivity index (χ2n) is 6.84. The zero-order valence-corrected chi connectivity index (χ0v) is 15.4. The smallest absolute Gasteiger partial charge is 0.289 e. The summed E-state index contributed by atoms with van der Waals surface area (Å²) >= 11 is 0. The first-order chi connectivity index (χ1) is 13.4. The lowest BCUT2D eigenvalue weighted by Crippen LogP contribution is -2.39. The third-order valence-electron chi connectivity index (χ3n) is 5.02. The zero-order chi connectivity index (χ0) is 19.8. The number of furan rings is 1. The summed E-state index contributed by atoms with van der Waals surface area (Å²) in [6, 6.07) is 3.52. The van der Waals surface area contributed by atoms with Crippen LogP contribution in [-0.2, 0) is 7.05 Å². The molecule has 1 aliphatic heterocycles. The largest absolute Gasteiger partial charge is 0.451 e. The van der Waals surface area contributed by atoms with Crippen LogP contribution < -0.4 is 11.5 Å². The number of hydrogen-bond acceptors (Lipinski definition) is 6. The van der Waals surface area contributed by atoms with Crippen molar-refractivity contribution in [3.63, 3.8) is 0 Å². The van der Waals surface area contributed by atoms with Crippen molar-refractivity contribution in [2.24, 2.45) is 12.8 Å². The van der Waals surface area contributed by atoms with E-state index in [-0.39, 0.29) is 23.5 Å². The van der Waals surface area contributed by atoms with Crippen molar-refractivity contribution in [3.05, 3.63) is 42.3 Å². The van der Waals surface area contributed by atoms with Gasteiger partial charge in [0.1, 0.15) is 11.6 Å². The summed E-state index contributed by atoms with van der Waals surface area (Å²) in [7, 11) is 1.82. The number of aryl methyl sites for hydroxylation is 1. The molecule has 0 aromatic carbocycles. The maximum atomic E-state index is 12.8. The van der Waals surface area contributed by atoms with Crippen LogP contribution in [0.4, 0.5) is 5.82 Å². The number of imidazole rings is 1. The molecular weight excluding hydrogens is 362 g/mol. The molecule has 0 saturated carbocycles. The molecule has 3 aromatic rings. The quantitative estimate of drug-likeness (QED) is 0.690. The van der Waals surface area contributed by atoms with E-state index >= 15 is 0 Å². The van der Waals surface area contributed by atoms with Crippen molar-refractivity contribution in [1.82, 2.24) is 24.2 Å². The molecule has 4 heterocycles. The van der Waals surface area contributed by atoms with Crippen molar-refractivity contribution in [1.29, 1.82) is 0 Å². The lowest BCUT2D eigenvalue weighted by Gasteiger charge is -2.32. The van der Waals surface area contributed by atoms with Gasteiger partial charge in [-0.1, -0.05) is 0 Å². The highest BCUT2D eigenvalue weighted by Gasteiger charge is 2.28. The van der Waals surface area contributed by atoms with Gasteiger partial charge in [0.15, 0.2) is 11.5 Å². The summed E-state index contributed by atoms with van der Waals surface area (Å²) < 4.78 is 9.16. The van der Waals surface area contributed by atoms with Gasteiger partial charge < -0.3 is 25.4 Å². The number of nitrogen functional groups attached to an aromatic ring is 1. The van der Waals surface area contributed by atoms with Crippen LogP contribution in [0.1, 0.15) is 39.9 Å². The van der Waals surface area contributed by atoms with Crippen LogP contribution >= 0.6 is 0 Å². The average Bonchev–Trinajstić information content (AvgIpc) is 3.40. The van der Waals surface area contributed by atoms with Crippen molar-refractivity contribution >= 4 is 17.6 Å². The fraction of sp³-hybridized carbons (Fsp3) is 0.333. The van der Waals surface area contributed by atoms with Crippen LogP contribution in [0.2, 0.25) is 0 Å². The Bertz CT molecular complexity index is 1020. The molecule has 1 saturated heterocycles. The van der Waals surface area contributed by atoms with Gasteiger partial charge in [0.2, 0.25) is 0 Å². The second-order valence-corrected chi connectivity index (χ2v) is 6.84. The van der Waals surface area contributed by atoms with Crippen molar-refractivity contribution < 1.29 is 14.0 Å². The number of carbonyl (C=O) groups excluding carboxylic acids is 2. The number of hydrogen-bond donors (Lipinski definition) is 2. The number of primary amides is 1. The van der Waals surface area contributed by atoms with E-state index in [1.165, 1.54) is 6.33 Å². The molecule has 3 aromatic heterocycles. The van der Waals surface area contributed by atoms with Gasteiger partial charge >= 0.3 is 0 Å². The average molecular weight is 383 g/mol. The van der Waals surface area contributed by atoms with E-state index in [2.05, 4.69) is 10.1 Å². The number of anilines is 1. The van der Waals surface area contributed by atoms with E-state index in [0.29, 0.717) is 37.5 Å². The van der Waals surface area contributed by atoms with Crippen LogP contribution in [0.3, 0.4) is 0 Å². The minimum atomic E-state index is -0.647. The third-order valence-corrected chi connectivity index (χ3v) is 5.02. The Labute approximate surface area is 160 Å². The van der Waals surface area contributed by atoms with Gasteiger partial charge in [0, 0.05) is 32.4 Å². The van der Waals surface area contributed by atoms with Gasteiger partial charge in [-0.15, -0.1) is 0 Å². The summed E-state index contributed by atoms with van der Waals surface area (Å²) in [5.74, 6) is 0.382. The lowest BCUT2D eigenvalue weighted by atomic mass is 10.0. The molecule has 0 aliphatic carbocycles. The molecule has 10 heteroatoms. The first-order valence-electron chi connectivity index (χ1n) is 8.94. The van der Waals surface area contributed by atoms with E-state index in [4.69, 9.17) is 15.9 Å². The maximum absolute atomic E-state index is 12.8. The molecule has 1 fully saturated rings. The summed E-state index contributed by atoms with van der Waals surface area (Å²) in [5.41, 5.74) is 12.1. The minimum Gasteiger partial charge on any atom is -0.451 e. The van der Waals surface area contributed by atoms with E-state index in [1.54, 1.807) is 32.5 Å². The van der Waals surface area contributed by atoms with Crippen LogP contribution in [-0.4, -0.2) is 49.1 Å². The molecule has 1 aliphatic rings. The Hall–Kier alpha value is -3.56. The zero-order valence-electron chi connectivity index (χ0n) is 15.4. The number of piperidine rings is 1. The van der Waals surface area contributed by atoms with Gasteiger partial charge in [-0.3, -0.25) is 14.3 Å². The number of carbonyl (C=O) groups is 2. The van der Waals surface area contributed by atoms with E-state index in [1.807, 2.05) is 13.2 Å². The molecule has 146 valence electrons. The molecule has 4 N–H and O–H groups in total. The predicted octanol–water partition coefficient (Wildman–Crippen LogP) is 1.03. The Morgan fingerprint density at radius 3 is 2.61 bits per heavy atom. The highest BCUT2D eigenvalue weighted by Crippen LogP contribution is 2.28.